The second-order valence-corrected chi connectivity index (χ2v) is 8.46. The summed E-state index contributed by atoms with van der Waals surface area (Å²) in [6.45, 7) is 8.31. The predicted molar refractivity (Wildman–Crippen MR) is 106 cm³/mol. The fourth-order valence-corrected chi connectivity index (χ4v) is 4.65. The number of anilines is 1. The van der Waals surface area contributed by atoms with Gasteiger partial charge in [0.05, 0.1) is 6.67 Å². The highest BCUT2D eigenvalue weighted by molar-refractivity contribution is 6.07. The molecule has 1 aromatic carbocycles. The van der Waals surface area contributed by atoms with Crippen LogP contribution in [-0.4, -0.2) is 60.1 Å². The second-order valence-electron chi connectivity index (χ2n) is 8.46. The van der Waals surface area contributed by atoms with E-state index in [-0.39, 0.29) is 11.9 Å². The smallest absolute Gasteiger partial charge is 0.326 e. The van der Waals surface area contributed by atoms with Gasteiger partial charge < -0.3 is 10.2 Å². The van der Waals surface area contributed by atoms with Gasteiger partial charge in [-0.25, -0.2) is 9.69 Å². The van der Waals surface area contributed by atoms with Crippen molar-refractivity contribution in [2.45, 2.75) is 45.1 Å². The topological polar surface area (TPSA) is 55.9 Å². The number of carbonyl (C=O) groups excluding carboxylic acids is 2. The van der Waals surface area contributed by atoms with Gasteiger partial charge >= 0.3 is 6.03 Å². The number of para-hydroxylation sites is 1. The summed E-state index contributed by atoms with van der Waals surface area (Å²) < 4.78 is 0. The number of hydrogen-bond acceptors (Lipinski definition) is 4. The maximum Gasteiger partial charge on any atom is 0.326 e. The average molecular weight is 370 g/mol. The van der Waals surface area contributed by atoms with Crippen LogP contribution in [0.25, 0.3) is 0 Å². The van der Waals surface area contributed by atoms with Crippen molar-refractivity contribution in [1.29, 1.82) is 0 Å². The highest BCUT2D eigenvalue weighted by atomic mass is 16.2. The van der Waals surface area contributed by atoms with Crippen molar-refractivity contribution in [3.8, 4) is 0 Å². The molecular formula is C21H30N4O2. The van der Waals surface area contributed by atoms with Crippen molar-refractivity contribution in [3.05, 3.63) is 29.8 Å². The molecule has 3 aliphatic rings. The summed E-state index contributed by atoms with van der Waals surface area (Å²) in [5.74, 6) is 0.629. The molecule has 0 unspecified atom stereocenters. The molecule has 2 heterocycles. The molecule has 3 fully saturated rings. The Morgan fingerprint density at radius 3 is 2.41 bits per heavy atom. The molecule has 1 aliphatic carbocycles. The maximum absolute atomic E-state index is 13.0. The third-order valence-corrected chi connectivity index (χ3v) is 6.54. The van der Waals surface area contributed by atoms with Gasteiger partial charge in [-0.2, -0.15) is 0 Å². The number of nitrogens with one attached hydrogen (secondary N) is 1. The average Bonchev–Trinajstić information content (AvgIpc) is 2.90. The normalized spacial score (nSPS) is 29.5. The monoisotopic (exact) mass is 370 g/mol. The summed E-state index contributed by atoms with van der Waals surface area (Å²) in [4.78, 5) is 31.6. The van der Waals surface area contributed by atoms with Gasteiger partial charge in [-0.1, -0.05) is 25.1 Å². The van der Waals surface area contributed by atoms with Crippen LogP contribution in [0.5, 0.6) is 0 Å². The lowest BCUT2D eigenvalue weighted by Gasteiger charge is -2.38. The van der Waals surface area contributed by atoms with Crippen LogP contribution in [0.1, 0.15) is 38.2 Å². The first kappa shape index (κ1) is 18.3. The van der Waals surface area contributed by atoms with Gasteiger partial charge in [0.1, 0.15) is 5.54 Å². The Kier molecular flexibility index (Phi) is 4.84. The highest BCUT2D eigenvalue weighted by Gasteiger charge is 2.52. The van der Waals surface area contributed by atoms with Crippen molar-refractivity contribution in [2.24, 2.45) is 5.92 Å². The quantitative estimate of drug-likeness (QED) is 0.831. The van der Waals surface area contributed by atoms with Gasteiger partial charge in [-0.15, -0.1) is 0 Å². The van der Waals surface area contributed by atoms with Gasteiger partial charge in [0.2, 0.25) is 0 Å². The third kappa shape index (κ3) is 3.43. The number of carbonyl (C=O) groups is 2. The molecule has 0 aromatic heterocycles. The van der Waals surface area contributed by atoms with Crippen molar-refractivity contribution in [1.82, 2.24) is 15.1 Å². The fourth-order valence-electron chi connectivity index (χ4n) is 4.65. The third-order valence-electron chi connectivity index (χ3n) is 6.54. The molecule has 2 saturated heterocycles. The molecule has 4 rings (SSSR count). The van der Waals surface area contributed by atoms with Crippen molar-refractivity contribution < 1.29 is 9.59 Å². The summed E-state index contributed by atoms with van der Waals surface area (Å²) in [6.07, 6.45) is 3.57. The minimum atomic E-state index is -0.632. The number of piperazine rings is 1. The summed E-state index contributed by atoms with van der Waals surface area (Å²) in [5.41, 5.74) is 1.93. The van der Waals surface area contributed by atoms with Crippen molar-refractivity contribution in [2.75, 3.05) is 37.7 Å². The molecule has 0 atom stereocenters. The van der Waals surface area contributed by atoms with E-state index in [4.69, 9.17) is 0 Å². The molecule has 0 bridgehead atoms. The number of urea groups is 1. The number of imide groups is 1. The Morgan fingerprint density at radius 2 is 1.74 bits per heavy atom. The molecular weight excluding hydrogens is 340 g/mol. The maximum atomic E-state index is 13.0. The van der Waals surface area contributed by atoms with Gasteiger partial charge in [-0.3, -0.25) is 9.69 Å². The van der Waals surface area contributed by atoms with Crippen LogP contribution in [0.2, 0.25) is 0 Å². The van der Waals surface area contributed by atoms with E-state index in [2.05, 4.69) is 53.2 Å². The Hall–Kier alpha value is -2.08. The van der Waals surface area contributed by atoms with E-state index in [9.17, 15) is 9.59 Å². The first-order chi connectivity index (χ1) is 13.0. The number of amides is 3. The van der Waals surface area contributed by atoms with E-state index in [1.165, 1.54) is 16.2 Å². The molecule has 146 valence electrons. The fraction of sp³-hybridized carbons (Fsp3) is 0.619. The SMILES string of the molecule is Cc1ccccc1N1CCN(CN2C(=O)NC3(CCC(C)CC3)C2=O)CC1. The van der Waals surface area contributed by atoms with E-state index in [0.717, 1.165) is 51.9 Å². The van der Waals surface area contributed by atoms with E-state index >= 15 is 0 Å². The van der Waals surface area contributed by atoms with Gasteiger partial charge in [0.15, 0.2) is 0 Å². The molecule has 3 amide bonds. The zero-order chi connectivity index (χ0) is 19.0. The minimum absolute atomic E-state index is 0.0132. The summed E-state index contributed by atoms with van der Waals surface area (Å²) >= 11 is 0. The largest absolute Gasteiger partial charge is 0.369 e. The lowest BCUT2D eigenvalue weighted by atomic mass is 9.77. The molecule has 6 nitrogen and oxygen atoms in total. The molecule has 1 saturated carbocycles. The number of hydrogen-bond donors (Lipinski definition) is 1. The predicted octanol–water partition coefficient (Wildman–Crippen LogP) is 2.58. The molecule has 1 N–H and O–H groups in total. The Morgan fingerprint density at radius 1 is 1.07 bits per heavy atom. The van der Waals surface area contributed by atoms with Crippen LogP contribution in [0.15, 0.2) is 24.3 Å². The molecule has 1 spiro atoms. The number of rotatable bonds is 3. The number of nitrogens with zero attached hydrogens (tertiary/aromatic N) is 3. The summed E-state index contributed by atoms with van der Waals surface area (Å²) in [5, 5.41) is 3.02. The van der Waals surface area contributed by atoms with Gasteiger partial charge in [0, 0.05) is 31.9 Å². The number of benzene rings is 1. The summed E-state index contributed by atoms with van der Waals surface area (Å²) in [6, 6.07) is 8.23. The van der Waals surface area contributed by atoms with Crippen LogP contribution < -0.4 is 10.2 Å². The Bertz CT molecular complexity index is 719. The van der Waals surface area contributed by atoms with Gasteiger partial charge in [0.25, 0.3) is 5.91 Å². The van der Waals surface area contributed by atoms with Gasteiger partial charge in [-0.05, 0) is 50.2 Å². The van der Waals surface area contributed by atoms with Crippen LogP contribution in [-0.2, 0) is 4.79 Å². The first-order valence-electron chi connectivity index (χ1n) is 10.2. The van der Waals surface area contributed by atoms with E-state index in [1.54, 1.807) is 0 Å². The molecule has 27 heavy (non-hydrogen) atoms. The van der Waals surface area contributed by atoms with Crippen molar-refractivity contribution >= 4 is 17.6 Å². The lowest BCUT2D eigenvalue weighted by molar-refractivity contribution is -0.134. The summed E-state index contributed by atoms with van der Waals surface area (Å²) in [7, 11) is 0. The Labute approximate surface area is 161 Å². The van der Waals surface area contributed by atoms with Crippen LogP contribution >= 0.6 is 0 Å². The van der Waals surface area contributed by atoms with E-state index in [0.29, 0.717) is 12.6 Å². The van der Waals surface area contributed by atoms with Crippen LogP contribution in [0.3, 0.4) is 0 Å². The van der Waals surface area contributed by atoms with Crippen LogP contribution in [0.4, 0.5) is 10.5 Å². The van der Waals surface area contributed by atoms with E-state index in [1.807, 2.05) is 0 Å². The highest BCUT2D eigenvalue weighted by Crippen LogP contribution is 2.36. The zero-order valence-electron chi connectivity index (χ0n) is 16.4. The number of aryl methyl sites for hydroxylation is 1. The zero-order valence-corrected chi connectivity index (χ0v) is 16.4. The van der Waals surface area contributed by atoms with Crippen molar-refractivity contribution in [3.63, 3.8) is 0 Å². The van der Waals surface area contributed by atoms with E-state index < -0.39 is 5.54 Å². The minimum Gasteiger partial charge on any atom is -0.369 e. The standard InChI is InChI=1S/C21H30N4O2/c1-16-7-9-21(10-8-16)19(26)25(20(27)22-21)15-23-11-13-24(14-12-23)18-6-4-3-5-17(18)2/h3-6,16H,7-15H2,1-2H3,(H,22,27). The first-order valence-corrected chi connectivity index (χ1v) is 10.2. The van der Waals surface area contributed by atoms with Crippen LogP contribution in [0, 0.1) is 12.8 Å². The molecule has 1 aromatic rings. The molecule has 6 heteroatoms. The molecule has 0 radical (unpaired) electrons. The second kappa shape index (κ2) is 7.15. The molecule has 2 aliphatic heterocycles. The Balaban J connectivity index is 1.36. The lowest BCUT2D eigenvalue weighted by Crippen LogP contribution is -2.52.